The summed E-state index contributed by atoms with van der Waals surface area (Å²) in [5.41, 5.74) is 0.686. The smallest absolute Gasteiger partial charge is 0.262 e. The van der Waals surface area contributed by atoms with Gasteiger partial charge in [-0.2, -0.15) is 5.26 Å². The van der Waals surface area contributed by atoms with Crippen LogP contribution in [0.15, 0.2) is 34.2 Å². The zero-order valence-electron chi connectivity index (χ0n) is 14.8. The van der Waals surface area contributed by atoms with Crippen LogP contribution in [0.3, 0.4) is 0 Å². The lowest BCUT2D eigenvalue weighted by Crippen LogP contribution is -2.27. The van der Waals surface area contributed by atoms with E-state index in [4.69, 9.17) is 5.26 Å². The van der Waals surface area contributed by atoms with Gasteiger partial charge in [0.05, 0.1) is 22.2 Å². The number of fused-ring (bicyclic) bond motifs is 1. The highest BCUT2D eigenvalue weighted by Gasteiger charge is 2.18. The third-order valence-electron chi connectivity index (χ3n) is 4.08. The van der Waals surface area contributed by atoms with E-state index in [0.29, 0.717) is 22.0 Å². The largest absolute Gasteiger partial charge is 0.284 e. The molecule has 1 aromatic heterocycles. The molecule has 0 fully saturated rings. The van der Waals surface area contributed by atoms with Gasteiger partial charge in [0.25, 0.3) is 5.56 Å². The average Bonchev–Trinajstić information content (AvgIpc) is 2.54. The predicted molar refractivity (Wildman–Crippen MR) is 100 cm³/mol. The third kappa shape index (κ3) is 4.39. The van der Waals surface area contributed by atoms with Crippen molar-refractivity contribution in [2.24, 2.45) is 5.92 Å². The van der Waals surface area contributed by atoms with Gasteiger partial charge in [-0.15, -0.1) is 0 Å². The molecule has 0 saturated heterocycles. The van der Waals surface area contributed by atoms with Crippen LogP contribution in [0.4, 0.5) is 0 Å². The van der Waals surface area contributed by atoms with Gasteiger partial charge in [-0.25, -0.2) is 4.98 Å². The molecule has 0 amide bonds. The number of para-hydroxylation sites is 1. The zero-order chi connectivity index (χ0) is 17.7. The molecule has 0 N–H and O–H groups in total. The Bertz CT molecular complexity index is 791. The van der Waals surface area contributed by atoms with Crippen LogP contribution in [-0.4, -0.2) is 14.8 Å². The second-order valence-corrected chi connectivity index (χ2v) is 7.96. The number of rotatable bonds is 7. The molecule has 0 bridgehead atoms. The summed E-state index contributed by atoms with van der Waals surface area (Å²) in [6, 6.07) is 9.71. The molecule has 1 heterocycles. The van der Waals surface area contributed by atoms with Crippen LogP contribution in [0, 0.1) is 17.2 Å². The van der Waals surface area contributed by atoms with Crippen molar-refractivity contribution in [3.63, 3.8) is 0 Å². The molecule has 0 saturated carbocycles. The van der Waals surface area contributed by atoms with Crippen molar-refractivity contribution in [1.29, 1.82) is 5.26 Å². The van der Waals surface area contributed by atoms with Crippen LogP contribution < -0.4 is 5.56 Å². The minimum Gasteiger partial charge on any atom is -0.284 e. The van der Waals surface area contributed by atoms with Crippen molar-refractivity contribution in [2.45, 2.75) is 63.4 Å². The van der Waals surface area contributed by atoms with Crippen molar-refractivity contribution in [2.75, 3.05) is 0 Å². The number of hydrogen-bond acceptors (Lipinski definition) is 4. The molecule has 0 aliphatic rings. The van der Waals surface area contributed by atoms with Gasteiger partial charge in [0.2, 0.25) is 0 Å². The van der Waals surface area contributed by atoms with Crippen molar-refractivity contribution in [3.8, 4) is 6.07 Å². The lowest BCUT2D eigenvalue weighted by Gasteiger charge is -2.20. The van der Waals surface area contributed by atoms with Gasteiger partial charge in [-0.3, -0.25) is 9.36 Å². The first kappa shape index (κ1) is 18.5. The minimum absolute atomic E-state index is 0.00899. The predicted octanol–water partition coefficient (Wildman–Crippen LogP) is 4.79. The van der Waals surface area contributed by atoms with Crippen molar-refractivity contribution in [1.82, 2.24) is 9.55 Å². The summed E-state index contributed by atoms with van der Waals surface area (Å²) in [5.74, 6) is 0.663. The molecular weight excluding hydrogens is 318 g/mol. The van der Waals surface area contributed by atoms with Crippen molar-refractivity contribution < 1.29 is 0 Å². The zero-order valence-corrected chi connectivity index (χ0v) is 15.6. The lowest BCUT2D eigenvalue weighted by atomic mass is 10.0. The van der Waals surface area contributed by atoms with Gasteiger partial charge in [0.15, 0.2) is 5.16 Å². The van der Waals surface area contributed by atoms with Gasteiger partial charge in [-0.05, 0) is 38.3 Å². The van der Waals surface area contributed by atoms with Gasteiger partial charge in [-0.1, -0.05) is 50.6 Å². The Morgan fingerprint density at radius 1 is 1.21 bits per heavy atom. The molecule has 0 spiro atoms. The number of aromatic nitrogens is 2. The second kappa shape index (κ2) is 8.34. The summed E-state index contributed by atoms with van der Waals surface area (Å²) in [6.45, 7) is 8.33. The minimum atomic E-state index is -0.243. The summed E-state index contributed by atoms with van der Waals surface area (Å²) < 4.78 is 1.78. The van der Waals surface area contributed by atoms with Crippen LogP contribution in [0.25, 0.3) is 10.9 Å². The maximum atomic E-state index is 13.0. The normalized spacial score (nSPS) is 13.8. The monoisotopic (exact) mass is 343 g/mol. The molecule has 2 rings (SSSR count). The van der Waals surface area contributed by atoms with Crippen LogP contribution in [-0.2, 0) is 0 Å². The first-order valence-electron chi connectivity index (χ1n) is 8.51. The quantitative estimate of drug-likeness (QED) is 0.536. The lowest BCUT2D eigenvalue weighted by molar-refractivity contribution is 0.413. The highest BCUT2D eigenvalue weighted by Crippen LogP contribution is 2.26. The first-order valence-corrected chi connectivity index (χ1v) is 9.39. The summed E-state index contributed by atoms with van der Waals surface area (Å²) >= 11 is 1.36. The first-order chi connectivity index (χ1) is 11.4. The fourth-order valence-electron chi connectivity index (χ4n) is 2.73. The maximum absolute atomic E-state index is 13.0. The topological polar surface area (TPSA) is 58.7 Å². The molecule has 4 nitrogen and oxygen atoms in total. The fourth-order valence-corrected chi connectivity index (χ4v) is 3.63. The van der Waals surface area contributed by atoms with Crippen molar-refractivity contribution in [3.05, 3.63) is 34.6 Å². The number of benzene rings is 1. The number of nitrogens with zero attached hydrogens (tertiary/aromatic N) is 3. The summed E-state index contributed by atoms with van der Waals surface area (Å²) in [6.07, 6.45) is 3.17. The summed E-state index contributed by atoms with van der Waals surface area (Å²) in [7, 11) is 0. The average molecular weight is 343 g/mol. The van der Waals surface area contributed by atoms with Crippen LogP contribution in [0.5, 0.6) is 0 Å². The Morgan fingerprint density at radius 3 is 2.58 bits per heavy atom. The van der Waals surface area contributed by atoms with Gasteiger partial charge in [0, 0.05) is 6.04 Å². The van der Waals surface area contributed by atoms with E-state index in [9.17, 15) is 4.79 Å². The second-order valence-electron chi connectivity index (χ2n) is 6.65. The van der Waals surface area contributed by atoms with Crippen LogP contribution in [0.2, 0.25) is 0 Å². The van der Waals surface area contributed by atoms with E-state index in [1.165, 1.54) is 11.8 Å². The van der Waals surface area contributed by atoms with Gasteiger partial charge >= 0.3 is 0 Å². The summed E-state index contributed by atoms with van der Waals surface area (Å²) in [5, 5.41) is 10.2. The molecular formula is C19H25N3OS. The van der Waals surface area contributed by atoms with Gasteiger partial charge < -0.3 is 0 Å². The van der Waals surface area contributed by atoms with E-state index in [0.717, 1.165) is 19.3 Å². The number of hydrogen-bond donors (Lipinski definition) is 0. The Hall–Kier alpha value is -1.80. The third-order valence-corrected chi connectivity index (χ3v) is 5.04. The molecule has 1 aromatic carbocycles. The van der Waals surface area contributed by atoms with Crippen LogP contribution in [0.1, 0.15) is 53.0 Å². The Morgan fingerprint density at radius 2 is 1.92 bits per heavy atom. The molecule has 5 heteroatoms. The van der Waals surface area contributed by atoms with E-state index in [2.05, 4.69) is 31.8 Å². The van der Waals surface area contributed by atoms with E-state index >= 15 is 0 Å². The molecule has 24 heavy (non-hydrogen) atoms. The maximum Gasteiger partial charge on any atom is 0.262 e. The van der Waals surface area contributed by atoms with E-state index in [1.807, 2.05) is 31.2 Å². The molecule has 0 radical (unpaired) electrons. The number of thioether (sulfide) groups is 1. The molecule has 0 aliphatic carbocycles. The molecule has 0 unspecified atom stereocenters. The Kier molecular flexibility index (Phi) is 6.44. The summed E-state index contributed by atoms with van der Waals surface area (Å²) in [4.78, 5) is 17.6. The molecule has 0 aliphatic heterocycles. The Balaban J connectivity index is 2.44. The standard InChI is InChI=1S/C19H25N3OS/c1-13(2)8-7-9-14(3)22-18(23)16-10-5-6-11-17(16)21-19(22)24-15(4)12-20/h5-6,10-11,13-15H,7-9H2,1-4H3/t14-,15-/m1/s1. The highest BCUT2D eigenvalue weighted by atomic mass is 32.2. The fraction of sp³-hybridized carbons (Fsp3) is 0.526. The Labute approximate surface area is 147 Å². The molecule has 128 valence electrons. The molecule has 2 aromatic rings. The molecule has 2 atom stereocenters. The highest BCUT2D eigenvalue weighted by molar-refractivity contribution is 8.00. The van der Waals surface area contributed by atoms with Crippen molar-refractivity contribution >= 4 is 22.7 Å². The number of nitriles is 1. The van der Waals surface area contributed by atoms with E-state index in [-0.39, 0.29) is 16.9 Å². The van der Waals surface area contributed by atoms with E-state index < -0.39 is 0 Å². The van der Waals surface area contributed by atoms with E-state index in [1.54, 1.807) is 4.57 Å². The SMILES string of the molecule is CC(C)CCC[C@@H](C)n1c(S[C@H](C)C#N)nc2ccccc2c1=O. The van der Waals surface area contributed by atoms with Crippen LogP contribution >= 0.6 is 11.8 Å². The van der Waals surface area contributed by atoms with Gasteiger partial charge in [0.1, 0.15) is 0 Å².